The highest BCUT2D eigenvalue weighted by molar-refractivity contribution is 5.82. The fourth-order valence-electron chi connectivity index (χ4n) is 4.03. The molecule has 0 aromatic heterocycles. The summed E-state index contributed by atoms with van der Waals surface area (Å²) in [6, 6.07) is 1.53. The van der Waals surface area contributed by atoms with Gasteiger partial charge in [-0.05, 0) is 32.7 Å². The maximum Gasteiger partial charge on any atom is 0.147 e. The third-order valence-electron chi connectivity index (χ3n) is 4.45. The SMILES string of the molecule is CC(=O)C1C2C3CCC(N3)C2CN1C. The molecule has 3 fully saturated rings. The van der Waals surface area contributed by atoms with Crippen LogP contribution in [0, 0.1) is 11.8 Å². The van der Waals surface area contributed by atoms with Crippen LogP contribution in [0.2, 0.25) is 0 Å². The van der Waals surface area contributed by atoms with Crippen molar-refractivity contribution in [3.63, 3.8) is 0 Å². The van der Waals surface area contributed by atoms with Crippen LogP contribution in [0.1, 0.15) is 19.8 Å². The Morgan fingerprint density at radius 1 is 1.36 bits per heavy atom. The summed E-state index contributed by atoms with van der Waals surface area (Å²) in [6.07, 6.45) is 2.60. The van der Waals surface area contributed by atoms with Gasteiger partial charge < -0.3 is 5.32 Å². The van der Waals surface area contributed by atoms with Gasteiger partial charge in [-0.2, -0.15) is 0 Å². The van der Waals surface area contributed by atoms with E-state index in [0.29, 0.717) is 23.8 Å². The number of nitrogens with zero attached hydrogens (tertiary/aromatic N) is 1. The zero-order valence-electron chi connectivity index (χ0n) is 8.86. The van der Waals surface area contributed by atoms with Gasteiger partial charge in [-0.25, -0.2) is 0 Å². The quantitative estimate of drug-likeness (QED) is 0.649. The largest absolute Gasteiger partial charge is 0.311 e. The van der Waals surface area contributed by atoms with Crippen molar-refractivity contribution in [2.45, 2.75) is 37.9 Å². The maximum atomic E-state index is 11.6. The zero-order chi connectivity index (χ0) is 9.87. The molecule has 1 N–H and O–H groups in total. The third-order valence-corrected chi connectivity index (χ3v) is 4.45. The van der Waals surface area contributed by atoms with E-state index in [1.807, 2.05) is 0 Å². The van der Waals surface area contributed by atoms with Crippen LogP contribution in [0.3, 0.4) is 0 Å². The van der Waals surface area contributed by atoms with Gasteiger partial charge in [0.25, 0.3) is 0 Å². The number of carbonyl (C=O) groups is 1. The van der Waals surface area contributed by atoms with Crippen LogP contribution in [0.15, 0.2) is 0 Å². The normalized spacial score (nSPS) is 51.1. The number of rotatable bonds is 1. The van der Waals surface area contributed by atoms with E-state index in [1.54, 1.807) is 6.92 Å². The molecule has 3 rings (SSSR count). The highest BCUT2D eigenvalue weighted by Crippen LogP contribution is 2.45. The number of hydrogen-bond donors (Lipinski definition) is 1. The van der Waals surface area contributed by atoms with Gasteiger partial charge in [0.2, 0.25) is 0 Å². The van der Waals surface area contributed by atoms with Crippen molar-refractivity contribution in [3.8, 4) is 0 Å². The summed E-state index contributed by atoms with van der Waals surface area (Å²) in [6.45, 7) is 2.86. The Balaban J connectivity index is 1.91. The number of nitrogens with one attached hydrogen (secondary N) is 1. The van der Waals surface area contributed by atoms with Crippen LogP contribution in [0.25, 0.3) is 0 Å². The van der Waals surface area contributed by atoms with Gasteiger partial charge in [0.1, 0.15) is 5.78 Å². The highest BCUT2D eigenvalue weighted by atomic mass is 16.1. The summed E-state index contributed by atoms with van der Waals surface area (Å²) in [5.41, 5.74) is 0. The van der Waals surface area contributed by atoms with Gasteiger partial charge >= 0.3 is 0 Å². The molecule has 3 nitrogen and oxygen atoms in total. The van der Waals surface area contributed by atoms with Gasteiger partial charge in [0.05, 0.1) is 6.04 Å². The first-order chi connectivity index (χ1) is 6.68. The molecule has 3 saturated heterocycles. The monoisotopic (exact) mass is 194 g/mol. The summed E-state index contributed by atoms with van der Waals surface area (Å²) in [4.78, 5) is 13.9. The topological polar surface area (TPSA) is 32.3 Å². The van der Waals surface area contributed by atoms with Crippen molar-refractivity contribution >= 4 is 5.78 Å². The van der Waals surface area contributed by atoms with Gasteiger partial charge in [-0.15, -0.1) is 0 Å². The lowest BCUT2D eigenvalue weighted by Crippen LogP contribution is -2.41. The Kier molecular flexibility index (Phi) is 1.77. The maximum absolute atomic E-state index is 11.6. The van der Waals surface area contributed by atoms with Gasteiger partial charge in [-0.1, -0.05) is 0 Å². The zero-order valence-corrected chi connectivity index (χ0v) is 8.86. The van der Waals surface area contributed by atoms with E-state index in [1.165, 1.54) is 12.8 Å². The molecule has 3 aliphatic heterocycles. The van der Waals surface area contributed by atoms with E-state index in [4.69, 9.17) is 0 Å². The Bertz CT molecular complexity index is 278. The molecule has 3 heterocycles. The molecule has 78 valence electrons. The molecule has 0 saturated carbocycles. The molecule has 3 heteroatoms. The van der Waals surface area contributed by atoms with Gasteiger partial charge in [0.15, 0.2) is 0 Å². The molecular formula is C11H18N2O. The average Bonchev–Trinajstić information content (AvgIpc) is 2.70. The number of Topliss-reactive ketones (excluding diaryl/α,β-unsaturated/α-hetero) is 1. The van der Waals surface area contributed by atoms with Crippen molar-refractivity contribution < 1.29 is 4.79 Å². The van der Waals surface area contributed by atoms with Crippen molar-refractivity contribution in [2.75, 3.05) is 13.6 Å². The Hall–Kier alpha value is -0.410. The Labute approximate surface area is 84.8 Å². The van der Waals surface area contributed by atoms with E-state index >= 15 is 0 Å². The highest BCUT2D eigenvalue weighted by Gasteiger charge is 2.56. The lowest BCUT2D eigenvalue weighted by molar-refractivity contribution is -0.122. The summed E-state index contributed by atoms with van der Waals surface area (Å²) in [5, 5.41) is 3.66. The third kappa shape index (κ3) is 0.971. The molecule has 2 bridgehead atoms. The number of likely N-dealkylation sites (tertiary alicyclic amines) is 1. The van der Waals surface area contributed by atoms with E-state index in [-0.39, 0.29) is 6.04 Å². The molecule has 5 atom stereocenters. The smallest absolute Gasteiger partial charge is 0.147 e. The van der Waals surface area contributed by atoms with E-state index in [9.17, 15) is 4.79 Å². The fraction of sp³-hybridized carbons (Fsp3) is 0.909. The minimum Gasteiger partial charge on any atom is -0.311 e. The molecule has 3 aliphatic rings. The second-order valence-electron chi connectivity index (χ2n) is 5.19. The molecule has 0 aromatic rings. The molecule has 0 amide bonds. The van der Waals surface area contributed by atoms with E-state index in [0.717, 1.165) is 12.5 Å². The minimum atomic E-state index is 0.197. The molecular weight excluding hydrogens is 176 g/mol. The summed E-state index contributed by atoms with van der Waals surface area (Å²) in [5.74, 6) is 1.71. The van der Waals surface area contributed by atoms with Crippen molar-refractivity contribution in [3.05, 3.63) is 0 Å². The van der Waals surface area contributed by atoms with Crippen LogP contribution in [-0.4, -0.2) is 42.4 Å². The summed E-state index contributed by atoms with van der Waals surface area (Å²) >= 11 is 0. The summed E-state index contributed by atoms with van der Waals surface area (Å²) in [7, 11) is 2.10. The second kappa shape index (κ2) is 2.80. The average molecular weight is 194 g/mol. The first-order valence-corrected chi connectivity index (χ1v) is 5.65. The molecule has 0 aliphatic carbocycles. The Morgan fingerprint density at radius 2 is 2.07 bits per heavy atom. The first kappa shape index (κ1) is 8.86. The Morgan fingerprint density at radius 3 is 2.79 bits per heavy atom. The van der Waals surface area contributed by atoms with E-state index < -0.39 is 0 Å². The standard InChI is InChI=1S/C11H18N2O/c1-6(14)11-10-7(5-13(11)2)8-3-4-9(10)12-8/h7-12H,3-5H2,1-2H3. The number of fused-ring (bicyclic) bond motifs is 5. The minimum absolute atomic E-state index is 0.197. The van der Waals surface area contributed by atoms with Crippen molar-refractivity contribution in [2.24, 2.45) is 11.8 Å². The molecule has 14 heavy (non-hydrogen) atoms. The predicted octanol–water partition coefficient (Wildman–Crippen LogP) is 0.256. The number of ketones is 1. The summed E-state index contributed by atoms with van der Waals surface area (Å²) < 4.78 is 0. The van der Waals surface area contributed by atoms with Gasteiger partial charge in [-0.3, -0.25) is 9.69 Å². The first-order valence-electron chi connectivity index (χ1n) is 5.65. The van der Waals surface area contributed by atoms with Crippen LogP contribution >= 0.6 is 0 Å². The predicted molar refractivity (Wildman–Crippen MR) is 54.0 cm³/mol. The number of likely N-dealkylation sites (N-methyl/N-ethyl adjacent to an activating group) is 1. The fourth-order valence-corrected chi connectivity index (χ4v) is 4.03. The van der Waals surface area contributed by atoms with E-state index in [2.05, 4.69) is 17.3 Å². The van der Waals surface area contributed by atoms with Crippen LogP contribution in [0.4, 0.5) is 0 Å². The molecule has 0 radical (unpaired) electrons. The van der Waals surface area contributed by atoms with Crippen molar-refractivity contribution in [1.82, 2.24) is 10.2 Å². The molecule has 5 unspecified atom stereocenters. The van der Waals surface area contributed by atoms with Crippen molar-refractivity contribution in [1.29, 1.82) is 0 Å². The second-order valence-corrected chi connectivity index (χ2v) is 5.19. The number of carbonyl (C=O) groups excluding carboxylic acids is 1. The lowest BCUT2D eigenvalue weighted by Gasteiger charge is -2.26. The number of hydrogen-bond acceptors (Lipinski definition) is 3. The van der Waals surface area contributed by atoms with Crippen LogP contribution in [-0.2, 0) is 4.79 Å². The lowest BCUT2D eigenvalue weighted by atomic mass is 9.78. The molecule has 0 aromatic carbocycles. The van der Waals surface area contributed by atoms with Crippen LogP contribution < -0.4 is 5.32 Å². The van der Waals surface area contributed by atoms with Gasteiger partial charge in [0, 0.05) is 24.5 Å². The molecule has 0 spiro atoms. The van der Waals surface area contributed by atoms with Crippen LogP contribution in [0.5, 0.6) is 0 Å².